The van der Waals surface area contributed by atoms with E-state index in [1.54, 1.807) is 18.2 Å². The van der Waals surface area contributed by atoms with E-state index >= 15 is 0 Å². The van der Waals surface area contributed by atoms with Crippen LogP contribution in [0.25, 0.3) is 0 Å². The van der Waals surface area contributed by atoms with Crippen molar-refractivity contribution >= 4 is 40.8 Å². The Labute approximate surface area is 155 Å². The molecular weight excluding hydrogens is 365 g/mol. The van der Waals surface area contributed by atoms with Crippen LogP contribution < -0.4 is 10.1 Å². The second kappa shape index (κ2) is 8.74. The number of anilines is 1. The lowest BCUT2D eigenvalue weighted by atomic mass is 10.1. The predicted octanol–water partition coefficient (Wildman–Crippen LogP) is 4.17. The van der Waals surface area contributed by atoms with Crippen molar-refractivity contribution < 1.29 is 19.1 Å². The Morgan fingerprint density at radius 2 is 1.76 bits per heavy atom. The summed E-state index contributed by atoms with van der Waals surface area (Å²) < 4.78 is 10.1. The van der Waals surface area contributed by atoms with Crippen LogP contribution in [0.5, 0.6) is 5.75 Å². The van der Waals surface area contributed by atoms with Crippen LogP contribution in [0.3, 0.4) is 0 Å². The Kier molecular flexibility index (Phi) is 6.67. The first-order valence-electron chi connectivity index (χ1n) is 7.45. The molecule has 0 fully saturated rings. The Balaban J connectivity index is 1.77. The van der Waals surface area contributed by atoms with Gasteiger partial charge in [0.05, 0.1) is 5.02 Å². The molecule has 1 amide bonds. The Bertz CT molecular complexity index is 793. The minimum Gasteiger partial charge on any atom is -0.480 e. The summed E-state index contributed by atoms with van der Waals surface area (Å²) in [4.78, 5) is 23.5. The molecule has 0 unspecified atom stereocenters. The number of nitrogens with one attached hydrogen (secondary N) is 1. The van der Waals surface area contributed by atoms with Gasteiger partial charge in [0.2, 0.25) is 0 Å². The molecule has 0 radical (unpaired) electrons. The van der Waals surface area contributed by atoms with Crippen molar-refractivity contribution in [1.82, 2.24) is 0 Å². The molecule has 0 aliphatic heterocycles. The number of ether oxygens (including phenoxy) is 2. The van der Waals surface area contributed by atoms with Gasteiger partial charge in [0.1, 0.15) is 5.75 Å². The van der Waals surface area contributed by atoms with Gasteiger partial charge in [-0.2, -0.15) is 0 Å². The summed E-state index contributed by atoms with van der Waals surface area (Å²) in [7, 11) is 0. The summed E-state index contributed by atoms with van der Waals surface area (Å²) in [6.07, 6.45) is 0. The number of esters is 1. The maximum absolute atomic E-state index is 11.8. The summed E-state index contributed by atoms with van der Waals surface area (Å²) in [6.45, 7) is 3.17. The van der Waals surface area contributed by atoms with Gasteiger partial charge in [-0.1, -0.05) is 29.3 Å². The van der Waals surface area contributed by atoms with Gasteiger partial charge < -0.3 is 14.8 Å². The summed E-state index contributed by atoms with van der Waals surface area (Å²) in [5.74, 6) is -0.801. The molecule has 132 valence electrons. The smallest absolute Gasteiger partial charge is 0.344 e. The third-order valence-corrected chi connectivity index (χ3v) is 3.92. The van der Waals surface area contributed by atoms with Crippen LogP contribution in [-0.4, -0.2) is 25.1 Å². The Morgan fingerprint density at radius 3 is 2.44 bits per heavy atom. The fourth-order valence-corrected chi connectivity index (χ4v) is 2.40. The van der Waals surface area contributed by atoms with Gasteiger partial charge in [-0.15, -0.1) is 0 Å². The van der Waals surface area contributed by atoms with Crippen LogP contribution in [0, 0.1) is 13.8 Å². The molecule has 0 aromatic heterocycles. The molecule has 0 spiro atoms. The summed E-state index contributed by atoms with van der Waals surface area (Å²) in [5, 5.41) is 3.41. The van der Waals surface area contributed by atoms with Gasteiger partial charge in [-0.25, -0.2) is 4.79 Å². The van der Waals surface area contributed by atoms with E-state index in [1.165, 1.54) is 6.07 Å². The van der Waals surface area contributed by atoms with Crippen molar-refractivity contribution in [2.24, 2.45) is 0 Å². The number of benzene rings is 2. The quantitative estimate of drug-likeness (QED) is 0.762. The average Bonchev–Trinajstić information content (AvgIpc) is 2.55. The van der Waals surface area contributed by atoms with Gasteiger partial charge >= 0.3 is 5.97 Å². The maximum atomic E-state index is 11.8. The normalized spacial score (nSPS) is 10.2. The van der Waals surface area contributed by atoms with Crippen molar-refractivity contribution in [3.8, 4) is 5.75 Å². The van der Waals surface area contributed by atoms with Gasteiger partial charge in [0.15, 0.2) is 13.2 Å². The SMILES string of the molecule is Cc1ccc(NC(=O)COC(=O)COc2ccc(Cl)cc2Cl)cc1C. The zero-order valence-electron chi connectivity index (χ0n) is 13.8. The highest BCUT2D eigenvalue weighted by Gasteiger charge is 2.10. The molecule has 25 heavy (non-hydrogen) atoms. The van der Waals surface area contributed by atoms with Crippen LogP contribution in [0.2, 0.25) is 10.0 Å². The second-order valence-corrected chi connectivity index (χ2v) is 6.21. The van der Waals surface area contributed by atoms with Gasteiger partial charge in [-0.3, -0.25) is 4.79 Å². The third kappa shape index (κ3) is 5.96. The molecule has 5 nitrogen and oxygen atoms in total. The second-order valence-electron chi connectivity index (χ2n) is 5.37. The van der Waals surface area contributed by atoms with Gasteiger partial charge in [0, 0.05) is 10.7 Å². The number of halogens is 2. The van der Waals surface area contributed by atoms with Crippen molar-refractivity contribution in [3.63, 3.8) is 0 Å². The van der Waals surface area contributed by atoms with E-state index in [9.17, 15) is 9.59 Å². The van der Waals surface area contributed by atoms with E-state index in [1.807, 2.05) is 26.0 Å². The highest BCUT2D eigenvalue weighted by atomic mass is 35.5. The lowest BCUT2D eigenvalue weighted by molar-refractivity contribution is -0.149. The van der Waals surface area contributed by atoms with Crippen molar-refractivity contribution in [3.05, 3.63) is 57.6 Å². The van der Waals surface area contributed by atoms with Crippen LogP contribution in [0.15, 0.2) is 36.4 Å². The standard InChI is InChI=1S/C18H17Cl2NO4/c1-11-3-5-14(7-12(11)2)21-17(22)9-25-18(23)10-24-16-6-4-13(19)8-15(16)20/h3-8H,9-10H2,1-2H3,(H,21,22). The average molecular weight is 382 g/mol. The first kappa shape index (κ1) is 19.1. The molecule has 0 aliphatic carbocycles. The van der Waals surface area contributed by atoms with E-state index in [2.05, 4.69) is 5.32 Å². The summed E-state index contributed by atoms with van der Waals surface area (Å²) >= 11 is 11.7. The lowest BCUT2D eigenvalue weighted by Crippen LogP contribution is -2.23. The molecule has 2 rings (SSSR count). The molecule has 0 aliphatic rings. The molecule has 7 heteroatoms. The van der Waals surface area contributed by atoms with Gasteiger partial charge in [-0.05, 0) is 55.3 Å². The minimum atomic E-state index is -0.679. The van der Waals surface area contributed by atoms with Gasteiger partial charge in [0.25, 0.3) is 5.91 Å². The highest BCUT2D eigenvalue weighted by Crippen LogP contribution is 2.27. The lowest BCUT2D eigenvalue weighted by Gasteiger charge is -2.10. The van der Waals surface area contributed by atoms with Crippen molar-refractivity contribution in [1.29, 1.82) is 0 Å². The number of hydrogen-bond donors (Lipinski definition) is 1. The molecule has 0 saturated heterocycles. The van der Waals surface area contributed by atoms with E-state index < -0.39 is 18.5 Å². The first-order chi connectivity index (χ1) is 11.8. The monoisotopic (exact) mass is 381 g/mol. The maximum Gasteiger partial charge on any atom is 0.344 e. The number of aryl methyl sites for hydroxylation is 2. The molecule has 0 saturated carbocycles. The third-order valence-electron chi connectivity index (χ3n) is 3.39. The molecule has 0 atom stereocenters. The van der Waals surface area contributed by atoms with E-state index in [0.717, 1.165) is 11.1 Å². The molecule has 2 aromatic carbocycles. The van der Waals surface area contributed by atoms with Crippen molar-refractivity contribution in [2.45, 2.75) is 13.8 Å². The molecule has 1 N–H and O–H groups in total. The summed E-state index contributed by atoms with van der Waals surface area (Å²) in [6, 6.07) is 10.2. The minimum absolute atomic E-state index is 0.285. The van der Waals surface area contributed by atoms with Crippen LogP contribution in [0.1, 0.15) is 11.1 Å². The van der Waals surface area contributed by atoms with Crippen molar-refractivity contribution in [2.75, 3.05) is 18.5 Å². The number of hydrogen-bond acceptors (Lipinski definition) is 4. The van der Waals surface area contributed by atoms with Crippen LogP contribution in [-0.2, 0) is 14.3 Å². The number of amides is 1. The Hall–Kier alpha value is -2.24. The topological polar surface area (TPSA) is 64.6 Å². The molecule has 0 bridgehead atoms. The zero-order valence-corrected chi connectivity index (χ0v) is 15.3. The number of rotatable bonds is 6. The highest BCUT2D eigenvalue weighted by molar-refractivity contribution is 6.35. The van der Waals surface area contributed by atoms with E-state index in [0.29, 0.717) is 16.5 Å². The fourth-order valence-electron chi connectivity index (χ4n) is 1.93. The molecule has 2 aromatic rings. The Morgan fingerprint density at radius 1 is 1.00 bits per heavy atom. The van der Waals surface area contributed by atoms with Crippen LogP contribution >= 0.6 is 23.2 Å². The summed E-state index contributed by atoms with van der Waals surface area (Å²) in [5.41, 5.74) is 2.83. The number of carbonyl (C=O) groups is 2. The molecule has 0 heterocycles. The molecular formula is C18H17Cl2NO4. The fraction of sp³-hybridized carbons (Fsp3) is 0.222. The van der Waals surface area contributed by atoms with E-state index in [-0.39, 0.29) is 11.6 Å². The zero-order chi connectivity index (χ0) is 18.4. The first-order valence-corrected chi connectivity index (χ1v) is 8.21. The number of carbonyl (C=O) groups excluding carboxylic acids is 2. The largest absolute Gasteiger partial charge is 0.480 e. The predicted molar refractivity (Wildman–Crippen MR) is 97.5 cm³/mol. The van der Waals surface area contributed by atoms with E-state index in [4.69, 9.17) is 32.7 Å². The van der Waals surface area contributed by atoms with Crippen LogP contribution in [0.4, 0.5) is 5.69 Å².